The molecule has 2 aromatic rings. The molecule has 0 saturated carbocycles. The highest BCUT2D eigenvalue weighted by Crippen LogP contribution is 2.26. The van der Waals surface area contributed by atoms with Gasteiger partial charge >= 0.3 is 0 Å². The van der Waals surface area contributed by atoms with Crippen LogP contribution < -0.4 is 0 Å². The average molecular weight is 284 g/mol. The summed E-state index contributed by atoms with van der Waals surface area (Å²) in [7, 11) is 0. The van der Waals surface area contributed by atoms with E-state index in [-0.39, 0.29) is 11.4 Å². The molecule has 19 heavy (non-hydrogen) atoms. The first kappa shape index (κ1) is 13.9. The lowest BCUT2D eigenvalue weighted by Crippen LogP contribution is -2.24. The number of aliphatic hydroxyl groups is 1. The van der Waals surface area contributed by atoms with Gasteiger partial charge in [0.1, 0.15) is 11.6 Å². The molecule has 5 heteroatoms. The summed E-state index contributed by atoms with van der Waals surface area (Å²) in [6, 6.07) is 5.50. The maximum Gasteiger partial charge on any atom is 0.142 e. The zero-order valence-corrected chi connectivity index (χ0v) is 11.0. The highest BCUT2D eigenvalue weighted by Gasteiger charge is 2.24. The summed E-state index contributed by atoms with van der Waals surface area (Å²) in [6.07, 6.45) is 2.57. The lowest BCUT2D eigenvalue weighted by Gasteiger charge is -2.23. The topological polar surface area (TPSA) is 33.1 Å². The van der Waals surface area contributed by atoms with Gasteiger partial charge in [0.05, 0.1) is 16.8 Å². The van der Waals surface area contributed by atoms with Crippen molar-refractivity contribution < 1.29 is 13.9 Å². The number of nitrogens with zero attached hydrogens (tertiary/aromatic N) is 1. The molecule has 1 unspecified atom stereocenters. The van der Waals surface area contributed by atoms with Crippen molar-refractivity contribution in [1.29, 1.82) is 0 Å². The average Bonchev–Trinajstić information content (AvgIpc) is 2.33. The monoisotopic (exact) mass is 283 g/mol. The second-order valence-electron chi connectivity index (χ2n) is 4.59. The molecule has 2 rings (SSSR count). The maximum atomic E-state index is 13.3. The number of aromatic nitrogens is 1. The van der Waals surface area contributed by atoms with Crippen molar-refractivity contribution in [2.24, 2.45) is 0 Å². The highest BCUT2D eigenvalue weighted by molar-refractivity contribution is 6.30. The van der Waals surface area contributed by atoms with Gasteiger partial charge in [-0.05, 0) is 30.7 Å². The Balaban J connectivity index is 2.27. The zero-order valence-electron chi connectivity index (χ0n) is 10.2. The van der Waals surface area contributed by atoms with Crippen molar-refractivity contribution in [2.75, 3.05) is 0 Å². The van der Waals surface area contributed by atoms with E-state index in [9.17, 15) is 13.9 Å². The quantitative estimate of drug-likeness (QED) is 0.936. The van der Waals surface area contributed by atoms with Crippen LogP contribution in [0.15, 0.2) is 36.7 Å². The van der Waals surface area contributed by atoms with Crippen LogP contribution in [0.4, 0.5) is 8.78 Å². The van der Waals surface area contributed by atoms with Gasteiger partial charge in [-0.15, -0.1) is 0 Å². The van der Waals surface area contributed by atoms with Gasteiger partial charge in [-0.3, -0.25) is 4.98 Å². The van der Waals surface area contributed by atoms with Gasteiger partial charge in [-0.25, -0.2) is 8.78 Å². The van der Waals surface area contributed by atoms with E-state index >= 15 is 0 Å². The van der Waals surface area contributed by atoms with Crippen LogP contribution in [0.25, 0.3) is 0 Å². The standard InChI is InChI=1S/C14H12ClF2NO/c1-14(19,10-5-11(16)8-18-7-10)6-9-2-3-12(15)13(17)4-9/h2-5,7-8,19H,6H2,1H3. The molecule has 1 heterocycles. The highest BCUT2D eigenvalue weighted by atomic mass is 35.5. The lowest BCUT2D eigenvalue weighted by atomic mass is 9.90. The van der Waals surface area contributed by atoms with E-state index in [2.05, 4.69) is 4.98 Å². The Morgan fingerprint density at radius 1 is 1.26 bits per heavy atom. The Kier molecular flexibility index (Phi) is 3.83. The van der Waals surface area contributed by atoms with E-state index in [1.54, 1.807) is 6.07 Å². The fourth-order valence-electron chi connectivity index (χ4n) is 1.86. The summed E-state index contributed by atoms with van der Waals surface area (Å²) in [6.45, 7) is 1.52. The van der Waals surface area contributed by atoms with E-state index in [4.69, 9.17) is 11.6 Å². The van der Waals surface area contributed by atoms with Crippen LogP contribution in [-0.2, 0) is 12.0 Å². The lowest BCUT2D eigenvalue weighted by molar-refractivity contribution is 0.0568. The molecule has 1 N–H and O–H groups in total. The van der Waals surface area contributed by atoms with Crippen molar-refractivity contribution in [2.45, 2.75) is 18.9 Å². The Bertz CT molecular complexity index is 602. The fraction of sp³-hybridized carbons (Fsp3) is 0.214. The van der Waals surface area contributed by atoms with E-state index in [0.29, 0.717) is 11.1 Å². The van der Waals surface area contributed by atoms with Crippen molar-refractivity contribution in [1.82, 2.24) is 4.98 Å². The number of pyridine rings is 1. The fourth-order valence-corrected chi connectivity index (χ4v) is 1.97. The minimum Gasteiger partial charge on any atom is -0.385 e. The molecule has 1 aromatic heterocycles. The zero-order chi connectivity index (χ0) is 14.0. The van der Waals surface area contributed by atoms with Crippen LogP contribution in [0, 0.1) is 11.6 Å². The third kappa shape index (κ3) is 3.28. The number of halogens is 3. The molecule has 1 aromatic carbocycles. The molecule has 0 aliphatic rings. The van der Waals surface area contributed by atoms with Crippen molar-refractivity contribution in [3.63, 3.8) is 0 Å². The van der Waals surface area contributed by atoms with E-state index in [0.717, 1.165) is 6.20 Å². The molecule has 0 aliphatic carbocycles. The van der Waals surface area contributed by atoms with Gasteiger partial charge < -0.3 is 5.11 Å². The molecule has 0 bridgehead atoms. The summed E-state index contributed by atoms with van der Waals surface area (Å²) >= 11 is 5.59. The SMILES string of the molecule is CC(O)(Cc1ccc(Cl)c(F)c1)c1cncc(F)c1. The number of hydrogen-bond donors (Lipinski definition) is 1. The molecule has 1 atom stereocenters. The summed E-state index contributed by atoms with van der Waals surface area (Å²) in [5.41, 5.74) is -0.436. The molecule has 0 fully saturated rings. The van der Waals surface area contributed by atoms with Crippen LogP contribution in [0.2, 0.25) is 5.02 Å². The molecular formula is C14H12ClF2NO. The molecule has 0 aliphatic heterocycles. The minimum absolute atomic E-state index is 0.0239. The maximum absolute atomic E-state index is 13.3. The van der Waals surface area contributed by atoms with E-state index in [1.807, 2.05) is 0 Å². The van der Waals surface area contributed by atoms with Crippen LogP contribution in [0.3, 0.4) is 0 Å². The minimum atomic E-state index is -1.34. The summed E-state index contributed by atoms with van der Waals surface area (Å²) in [5.74, 6) is -1.08. The van der Waals surface area contributed by atoms with Crippen molar-refractivity contribution >= 4 is 11.6 Å². The number of benzene rings is 1. The van der Waals surface area contributed by atoms with Gasteiger partial charge in [0, 0.05) is 18.2 Å². The second-order valence-corrected chi connectivity index (χ2v) is 5.00. The molecule has 0 radical (unpaired) electrons. The third-order valence-electron chi connectivity index (χ3n) is 2.86. The van der Waals surface area contributed by atoms with Crippen LogP contribution in [0.1, 0.15) is 18.1 Å². The van der Waals surface area contributed by atoms with Crippen LogP contribution >= 0.6 is 11.6 Å². The molecule has 0 saturated heterocycles. The van der Waals surface area contributed by atoms with E-state index in [1.165, 1.54) is 31.3 Å². The van der Waals surface area contributed by atoms with Gasteiger partial charge in [-0.2, -0.15) is 0 Å². The normalized spacial score (nSPS) is 14.2. The number of hydrogen-bond acceptors (Lipinski definition) is 2. The summed E-state index contributed by atoms with van der Waals surface area (Å²) < 4.78 is 26.4. The molecule has 0 spiro atoms. The first-order valence-electron chi connectivity index (χ1n) is 5.66. The Morgan fingerprint density at radius 3 is 2.63 bits per heavy atom. The smallest absolute Gasteiger partial charge is 0.142 e. The predicted octanol–water partition coefficient (Wildman–Crippen LogP) is 3.46. The van der Waals surface area contributed by atoms with Crippen molar-refractivity contribution in [3.05, 3.63) is 64.4 Å². The Labute approximate surface area is 114 Å². The third-order valence-corrected chi connectivity index (χ3v) is 3.17. The van der Waals surface area contributed by atoms with Gasteiger partial charge in [0.15, 0.2) is 0 Å². The molecular weight excluding hydrogens is 272 g/mol. The van der Waals surface area contributed by atoms with E-state index < -0.39 is 17.2 Å². The van der Waals surface area contributed by atoms with Crippen molar-refractivity contribution in [3.8, 4) is 0 Å². The van der Waals surface area contributed by atoms with Gasteiger partial charge in [-0.1, -0.05) is 17.7 Å². The van der Waals surface area contributed by atoms with Gasteiger partial charge in [0.2, 0.25) is 0 Å². The first-order valence-corrected chi connectivity index (χ1v) is 6.03. The van der Waals surface area contributed by atoms with Gasteiger partial charge in [0.25, 0.3) is 0 Å². The second kappa shape index (κ2) is 5.23. The largest absolute Gasteiger partial charge is 0.385 e. The molecule has 2 nitrogen and oxygen atoms in total. The van der Waals surface area contributed by atoms with Crippen LogP contribution in [-0.4, -0.2) is 10.1 Å². The molecule has 0 amide bonds. The summed E-state index contributed by atoms with van der Waals surface area (Å²) in [5, 5.41) is 10.4. The first-order chi connectivity index (χ1) is 8.88. The molecule has 100 valence electrons. The Hall–Kier alpha value is -1.52. The Morgan fingerprint density at radius 2 is 2.00 bits per heavy atom. The number of rotatable bonds is 3. The summed E-state index contributed by atoms with van der Waals surface area (Å²) in [4.78, 5) is 3.69. The van der Waals surface area contributed by atoms with Crippen LogP contribution in [0.5, 0.6) is 0 Å². The predicted molar refractivity (Wildman–Crippen MR) is 68.9 cm³/mol.